The van der Waals surface area contributed by atoms with Gasteiger partial charge in [-0.2, -0.15) is 0 Å². The van der Waals surface area contributed by atoms with Crippen molar-refractivity contribution in [2.24, 2.45) is 0 Å². The van der Waals surface area contributed by atoms with Crippen molar-refractivity contribution < 1.29 is 42.8 Å². The molecule has 230 valence electrons. The smallest absolute Gasteiger partial charge is 0.434 e. The van der Waals surface area contributed by atoms with Crippen LogP contribution in [0.15, 0.2) is 72.8 Å². The first-order chi connectivity index (χ1) is 20.9. The lowest BCUT2D eigenvalue weighted by Gasteiger charge is -2.20. The average Bonchev–Trinajstić information content (AvgIpc) is 3.00. The minimum Gasteiger partial charge on any atom is -0.434 e. The first-order valence-corrected chi connectivity index (χ1v) is 14.8. The molecule has 0 atom stereocenters. The van der Waals surface area contributed by atoms with Gasteiger partial charge in [0.25, 0.3) is 0 Å². The molecule has 0 amide bonds. The van der Waals surface area contributed by atoms with E-state index in [4.69, 9.17) is 28.4 Å². The SMILES string of the molecule is CCCCOC(=O)Oc1ccc(C(c2ccc(OC(=O)OCCCC)cc2)c2ccc(OC(=O)OCCCC)cc2)cc1. The van der Waals surface area contributed by atoms with Crippen molar-refractivity contribution in [1.29, 1.82) is 0 Å². The second kappa shape index (κ2) is 18.1. The summed E-state index contributed by atoms with van der Waals surface area (Å²) < 4.78 is 31.2. The quantitative estimate of drug-likeness (QED) is 0.0562. The summed E-state index contributed by atoms with van der Waals surface area (Å²) in [6.45, 7) is 6.95. The first kappa shape index (κ1) is 33.0. The molecule has 43 heavy (non-hydrogen) atoms. The van der Waals surface area contributed by atoms with Crippen LogP contribution in [0.4, 0.5) is 14.4 Å². The summed E-state index contributed by atoms with van der Waals surface area (Å²) >= 11 is 0. The Morgan fingerprint density at radius 1 is 0.465 bits per heavy atom. The molecular weight excluding hydrogens is 552 g/mol. The van der Waals surface area contributed by atoms with Gasteiger partial charge in [-0.05, 0) is 72.4 Å². The monoisotopic (exact) mass is 592 g/mol. The van der Waals surface area contributed by atoms with Gasteiger partial charge in [0.15, 0.2) is 0 Å². The zero-order valence-electron chi connectivity index (χ0n) is 25.0. The van der Waals surface area contributed by atoms with E-state index in [0.717, 1.165) is 55.2 Å². The van der Waals surface area contributed by atoms with Gasteiger partial charge >= 0.3 is 18.5 Å². The number of benzene rings is 3. The molecule has 0 heterocycles. The molecule has 0 unspecified atom stereocenters. The topological polar surface area (TPSA) is 107 Å². The Morgan fingerprint density at radius 2 is 0.721 bits per heavy atom. The first-order valence-electron chi connectivity index (χ1n) is 14.8. The Kier molecular flexibility index (Phi) is 13.9. The molecule has 3 aromatic carbocycles. The highest BCUT2D eigenvalue weighted by atomic mass is 16.7. The molecule has 0 N–H and O–H groups in total. The van der Waals surface area contributed by atoms with Crippen LogP contribution in [0.3, 0.4) is 0 Å². The van der Waals surface area contributed by atoms with Crippen molar-refractivity contribution in [3.05, 3.63) is 89.5 Å². The summed E-state index contributed by atoms with van der Waals surface area (Å²) in [5, 5.41) is 0. The van der Waals surface area contributed by atoms with E-state index < -0.39 is 18.5 Å². The Balaban J connectivity index is 1.80. The third-order valence-corrected chi connectivity index (χ3v) is 6.40. The van der Waals surface area contributed by atoms with Gasteiger partial charge in [0.05, 0.1) is 19.8 Å². The molecule has 0 spiro atoms. The van der Waals surface area contributed by atoms with Crippen molar-refractivity contribution in [3.8, 4) is 17.2 Å². The summed E-state index contributed by atoms with van der Waals surface area (Å²) in [6.07, 6.45) is 2.80. The number of hydrogen-bond donors (Lipinski definition) is 0. The minimum atomic E-state index is -0.745. The van der Waals surface area contributed by atoms with Crippen molar-refractivity contribution >= 4 is 18.5 Å². The molecule has 0 fully saturated rings. The maximum Gasteiger partial charge on any atom is 0.513 e. The molecule has 3 aromatic rings. The second-order valence-electron chi connectivity index (χ2n) is 9.80. The molecule has 0 saturated heterocycles. The van der Waals surface area contributed by atoms with Crippen molar-refractivity contribution in [2.75, 3.05) is 19.8 Å². The number of ether oxygens (including phenoxy) is 6. The van der Waals surface area contributed by atoms with Crippen LogP contribution in [0, 0.1) is 0 Å². The van der Waals surface area contributed by atoms with Gasteiger partial charge in [-0.3, -0.25) is 0 Å². The fourth-order valence-corrected chi connectivity index (χ4v) is 4.04. The molecule has 0 saturated carbocycles. The highest BCUT2D eigenvalue weighted by Gasteiger charge is 2.19. The van der Waals surface area contributed by atoms with Gasteiger partial charge in [0.1, 0.15) is 17.2 Å². The summed E-state index contributed by atoms with van der Waals surface area (Å²) in [6, 6.07) is 21.4. The Bertz CT molecular complexity index is 1110. The lowest BCUT2D eigenvalue weighted by Crippen LogP contribution is -2.12. The van der Waals surface area contributed by atoms with E-state index in [1.54, 1.807) is 36.4 Å². The standard InChI is InChI=1S/C34H40O9/c1-4-7-22-38-32(35)41-28-16-10-25(11-17-28)31(26-12-18-29(19-13-26)42-33(36)39-23-8-5-2)27-14-20-30(21-15-27)43-34(37)40-24-9-6-3/h10-21,31H,4-9,22-24H2,1-3H3. The molecule has 9 nitrogen and oxygen atoms in total. The number of unbranched alkanes of at least 4 members (excludes halogenated alkanes) is 3. The van der Waals surface area contributed by atoms with Crippen LogP contribution in [-0.4, -0.2) is 38.3 Å². The third-order valence-electron chi connectivity index (χ3n) is 6.40. The molecule has 0 aliphatic rings. The molecule has 0 bridgehead atoms. The van der Waals surface area contributed by atoms with E-state index in [0.29, 0.717) is 37.1 Å². The second-order valence-corrected chi connectivity index (χ2v) is 9.80. The lowest BCUT2D eigenvalue weighted by atomic mass is 9.85. The van der Waals surface area contributed by atoms with Crippen LogP contribution < -0.4 is 14.2 Å². The van der Waals surface area contributed by atoms with Crippen LogP contribution in [0.1, 0.15) is 81.9 Å². The van der Waals surface area contributed by atoms with Crippen molar-refractivity contribution in [3.63, 3.8) is 0 Å². The fraction of sp³-hybridized carbons (Fsp3) is 0.382. The van der Waals surface area contributed by atoms with Crippen LogP contribution in [0.5, 0.6) is 17.2 Å². The van der Waals surface area contributed by atoms with E-state index >= 15 is 0 Å². The maximum absolute atomic E-state index is 12.0. The van der Waals surface area contributed by atoms with Gasteiger partial charge < -0.3 is 28.4 Å². The van der Waals surface area contributed by atoms with Gasteiger partial charge in [0.2, 0.25) is 0 Å². The lowest BCUT2D eigenvalue weighted by molar-refractivity contribution is 0.0967. The Morgan fingerprint density at radius 3 is 0.953 bits per heavy atom. The highest BCUT2D eigenvalue weighted by Crippen LogP contribution is 2.35. The number of carbonyl (C=O) groups excluding carboxylic acids is 3. The normalized spacial score (nSPS) is 10.6. The average molecular weight is 593 g/mol. The molecule has 9 heteroatoms. The molecule has 0 aliphatic heterocycles. The zero-order chi connectivity index (χ0) is 30.9. The molecule has 3 rings (SSSR count). The highest BCUT2D eigenvalue weighted by molar-refractivity contribution is 5.65. The summed E-state index contributed by atoms with van der Waals surface area (Å²) in [5.74, 6) is 0.834. The van der Waals surface area contributed by atoms with E-state index in [2.05, 4.69) is 0 Å². The number of carbonyl (C=O) groups is 3. The van der Waals surface area contributed by atoms with E-state index in [9.17, 15) is 14.4 Å². The molecule has 0 radical (unpaired) electrons. The zero-order valence-corrected chi connectivity index (χ0v) is 25.0. The van der Waals surface area contributed by atoms with Crippen LogP contribution in [0.25, 0.3) is 0 Å². The minimum absolute atomic E-state index is 0.248. The molecular formula is C34H40O9. The van der Waals surface area contributed by atoms with Gasteiger partial charge in [0, 0.05) is 5.92 Å². The Labute approximate surface area is 253 Å². The maximum atomic E-state index is 12.0. The molecule has 0 aliphatic carbocycles. The van der Waals surface area contributed by atoms with Crippen LogP contribution in [-0.2, 0) is 14.2 Å². The van der Waals surface area contributed by atoms with E-state index in [1.807, 2.05) is 57.2 Å². The predicted molar refractivity (Wildman–Crippen MR) is 161 cm³/mol. The van der Waals surface area contributed by atoms with Gasteiger partial charge in [-0.25, -0.2) is 14.4 Å². The summed E-state index contributed by atoms with van der Waals surface area (Å²) in [7, 11) is 0. The van der Waals surface area contributed by atoms with Gasteiger partial charge in [-0.15, -0.1) is 0 Å². The van der Waals surface area contributed by atoms with Crippen molar-refractivity contribution in [1.82, 2.24) is 0 Å². The fourth-order valence-electron chi connectivity index (χ4n) is 4.04. The van der Waals surface area contributed by atoms with Crippen LogP contribution in [0.2, 0.25) is 0 Å². The number of hydrogen-bond acceptors (Lipinski definition) is 9. The molecule has 0 aromatic heterocycles. The number of rotatable bonds is 15. The van der Waals surface area contributed by atoms with Gasteiger partial charge in [-0.1, -0.05) is 76.4 Å². The summed E-state index contributed by atoms with van der Waals surface area (Å²) in [5.41, 5.74) is 2.73. The van der Waals surface area contributed by atoms with E-state index in [1.165, 1.54) is 0 Å². The predicted octanol–water partition coefficient (Wildman–Crippen LogP) is 8.81. The Hall–Kier alpha value is -4.53. The van der Waals surface area contributed by atoms with E-state index in [-0.39, 0.29) is 5.92 Å². The van der Waals surface area contributed by atoms with Crippen molar-refractivity contribution in [2.45, 2.75) is 65.2 Å². The van der Waals surface area contributed by atoms with Crippen LogP contribution >= 0.6 is 0 Å². The summed E-state index contributed by atoms with van der Waals surface area (Å²) in [4.78, 5) is 35.9. The third kappa shape index (κ3) is 11.3. The largest absolute Gasteiger partial charge is 0.513 e.